The zero-order valence-electron chi connectivity index (χ0n) is 15.6. The Kier molecular flexibility index (Phi) is 4.96. The fourth-order valence-corrected chi connectivity index (χ4v) is 3.47. The molecule has 142 valence electrons. The highest BCUT2D eigenvalue weighted by molar-refractivity contribution is 6.03. The molecule has 0 aliphatic carbocycles. The average Bonchev–Trinajstić information content (AvgIpc) is 3.29. The van der Waals surface area contributed by atoms with Crippen LogP contribution in [0.15, 0.2) is 41.0 Å². The van der Waals surface area contributed by atoms with Crippen LogP contribution in [0.4, 0.5) is 5.69 Å². The van der Waals surface area contributed by atoms with E-state index in [-0.39, 0.29) is 11.7 Å². The molecule has 1 aromatic carbocycles. The van der Waals surface area contributed by atoms with E-state index in [1.54, 1.807) is 12.1 Å². The number of morpholine rings is 1. The third kappa shape index (κ3) is 3.74. The van der Waals surface area contributed by atoms with E-state index in [1.165, 1.54) is 6.26 Å². The number of amides is 1. The van der Waals surface area contributed by atoms with Crippen molar-refractivity contribution >= 4 is 22.6 Å². The van der Waals surface area contributed by atoms with Crippen LogP contribution in [0.25, 0.3) is 11.0 Å². The molecule has 1 N–H and O–H groups in total. The van der Waals surface area contributed by atoms with E-state index in [9.17, 15) is 4.79 Å². The van der Waals surface area contributed by atoms with Crippen molar-refractivity contribution in [1.29, 1.82) is 0 Å². The molecule has 1 aliphatic heterocycles. The maximum Gasteiger partial charge on any atom is 0.291 e. The minimum atomic E-state index is -0.267. The van der Waals surface area contributed by atoms with Crippen LogP contribution in [0, 0.1) is 0 Å². The Morgan fingerprint density at radius 3 is 2.78 bits per heavy atom. The number of carbonyl (C=O) groups is 1. The number of nitrogens with one attached hydrogen (secondary N) is 1. The minimum Gasteiger partial charge on any atom is -0.459 e. The van der Waals surface area contributed by atoms with E-state index in [2.05, 4.69) is 28.6 Å². The van der Waals surface area contributed by atoms with Crippen LogP contribution < -0.4 is 5.32 Å². The van der Waals surface area contributed by atoms with Gasteiger partial charge in [-0.05, 0) is 44.2 Å². The summed E-state index contributed by atoms with van der Waals surface area (Å²) in [6, 6.07) is 9.47. The number of hydrogen-bond donors (Lipinski definition) is 1. The third-order valence-electron chi connectivity index (χ3n) is 4.75. The summed E-state index contributed by atoms with van der Waals surface area (Å²) < 4.78 is 12.9. The Hall–Kier alpha value is -2.64. The molecule has 7 nitrogen and oxygen atoms in total. The van der Waals surface area contributed by atoms with Crippen LogP contribution in [0.3, 0.4) is 0 Å². The quantitative estimate of drug-likeness (QED) is 0.748. The molecule has 7 heteroatoms. The lowest BCUT2D eigenvalue weighted by Crippen LogP contribution is -2.36. The number of nitrogens with zero attached hydrogens (tertiary/aromatic N) is 3. The maximum atomic E-state index is 12.2. The van der Waals surface area contributed by atoms with Crippen molar-refractivity contribution in [3.63, 3.8) is 0 Å². The molecule has 0 atom stereocenters. The summed E-state index contributed by atoms with van der Waals surface area (Å²) in [7, 11) is 0. The minimum absolute atomic E-state index is 0.267. The first-order chi connectivity index (χ1) is 13.1. The van der Waals surface area contributed by atoms with Crippen molar-refractivity contribution in [3.8, 4) is 0 Å². The monoisotopic (exact) mass is 368 g/mol. The van der Waals surface area contributed by atoms with Gasteiger partial charge in [0.1, 0.15) is 5.82 Å². The molecule has 1 fully saturated rings. The van der Waals surface area contributed by atoms with Crippen molar-refractivity contribution in [2.75, 3.05) is 31.6 Å². The molecule has 1 amide bonds. The summed E-state index contributed by atoms with van der Waals surface area (Å²) in [5, 5.41) is 2.87. The van der Waals surface area contributed by atoms with Crippen LogP contribution in [0.2, 0.25) is 0 Å². The summed E-state index contributed by atoms with van der Waals surface area (Å²) in [5.74, 6) is 1.06. The van der Waals surface area contributed by atoms with Gasteiger partial charge in [-0.2, -0.15) is 0 Å². The highest BCUT2D eigenvalue weighted by Crippen LogP contribution is 2.25. The second kappa shape index (κ2) is 7.54. The molecule has 0 radical (unpaired) electrons. The molecule has 2 aromatic heterocycles. The SMILES string of the molecule is CC(C)n1c(CN2CCOCC2)nc2cc(NC(=O)c3ccco3)ccc21. The van der Waals surface area contributed by atoms with Crippen molar-refractivity contribution in [2.24, 2.45) is 0 Å². The van der Waals surface area contributed by atoms with Crippen LogP contribution in [0.1, 0.15) is 36.3 Å². The van der Waals surface area contributed by atoms with E-state index in [0.29, 0.717) is 11.7 Å². The fourth-order valence-electron chi connectivity index (χ4n) is 3.47. The first kappa shape index (κ1) is 17.8. The van der Waals surface area contributed by atoms with Crippen LogP contribution in [0.5, 0.6) is 0 Å². The van der Waals surface area contributed by atoms with Gasteiger partial charge in [-0.3, -0.25) is 9.69 Å². The predicted molar refractivity (Wildman–Crippen MR) is 103 cm³/mol. The largest absolute Gasteiger partial charge is 0.459 e. The Morgan fingerprint density at radius 2 is 2.07 bits per heavy atom. The van der Waals surface area contributed by atoms with Gasteiger partial charge in [0, 0.05) is 24.8 Å². The lowest BCUT2D eigenvalue weighted by atomic mass is 10.2. The molecule has 0 bridgehead atoms. The molecule has 0 saturated carbocycles. The third-order valence-corrected chi connectivity index (χ3v) is 4.75. The zero-order chi connectivity index (χ0) is 18.8. The Balaban J connectivity index is 1.61. The van der Waals surface area contributed by atoms with E-state index in [0.717, 1.165) is 49.7 Å². The van der Waals surface area contributed by atoms with E-state index < -0.39 is 0 Å². The number of hydrogen-bond acceptors (Lipinski definition) is 5. The number of fused-ring (bicyclic) bond motifs is 1. The summed E-state index contributed by atoms with van der Waals surface area (Å²) in [4.78, 5) is 19.4. The molecule has 27 heavy (non-hydrogen) atoms. The van der Waals surface area contributed by atoms with Gasteiger partial charge in [0.25, 0.3) is 5.91 Å². The molecule has 4 rings (SSSR count). The van der Waals surface area contributed by atoms with Gasteiger partial charge in [-0.15, -0.1) is 0 Å². The van der Waals surface area contributed by atoms with Gasteiger partial charge in [-0.1, -0.05) is 0 Å². The highest BCUT2D eigenvalue weighted by atomic mass is 16.5. The lowest BCUT2D eigenvalue weighted by Gasteiger charge is -2.27. The van der Waals surface area contributed by atoms with Crippen LogP contribution in [-0.4, -0.2) is 46.7 Å². The van der Waals surface area contributed by atoms with Crippen molar-refractivity contribution in [2.45, 2.75) is 26.4 Å². The number of benzene rings is 1. The van der Waals surface area contributed by atoms with Gasteiger partial charge < -0.3 is 19.0 Å². The summed E-state index contributed by atoms with van der Waals surface area (Å²) in [6.07, 6.45) is 1.49. The second-order valence-electron chi connectivity index (χ2n) is 7.02. The lowest BCUT2D eigenvalue weighted by molar-refractivity contribution is 0.0325. The van der Waals surface area contributed by atoms with Crippen molar-refractivity contribution < 1.29 is 13.9 Å². The Bertz CT molecular complexity index is 924. The number of ether oxygens (including phenoxy) is 1. The first-order valence-corrected chi connectivity index (χ1v) is 9.27. The number of aromatic nitrogens is 2. The van der Waals surface area contributed by atoms with Gasteiger partial charge in [0.05, 0.1) is 37.1 Å². The van der Waals surface area contributed by atoms with Crippen molar-refractivity contribution in [3.05, 3.63) is 48.2 Å². The zero-order valence-corrected chi connectivity index (χ0v) is 15.6. The molecule has 0 spiro atoms. The van der Waals surface area contributed by atoms with E-state index >= 15 is 0 Å². The smallest absolute Gasteiger partial charge is 0.291 e. The van der Waals surface area contributed by atoms with Gasteiger partial charge in [0.2, 0.25) is 0 Å². The molecule has 1 saturated heterocycles. The standard InChI is InChI=1S/C20H24N4O3/c1-14(2)24-17-6-5-15(21-20(25)18-4-3-9-27-18)12-16(17)22-19(24)13-23-7-10-26-11-8-23/h3-6,9,12,14H,7-8,10-11,13H2,1-2H3,(H,21,25). The number of rotatable bonds is 5. The van der Waals surface area contributed by atoms with Crippen LogP contribution in [-0.2, 0) is 11.3 Å². The van der Waals surface area contributed by atoms with E-state index in [4.69, 9.17) is 14.1 Å². The topological polar surface area (TPSA) is 72.5 Å². The first-order valence-electron chi connectivity index (χ1n) is 9.27. The number of carbonyl (C=O) groups excluding carboxylic acids is 1. The Morgan fingerprint density at radius 1 is 1.26 bits per heavy atom. The van der Waals surface area contributed by atoms with Gasteiger partial charge >= 0.3 is 0 Å². The van der Waals surface area contributed by atoms with Crippen LogP contribution >= 0.6 is 0 Å². The van der Waals surface area contributed by atoms with Gasteiger partial charge in [0.15, 0.2) is 5.76 Å². The number of anilines is 1. The molecular weight excluding hydrogens is 344 g/mol. The molecule has 3 heterocycles. The normalized spacial score (nSPS) is 15.5. The summed E-state index contributed by atoms with van der Waals surface area (Å²) in [5.41, 5.74) is 2.66. The molecular formula is C20H24N4O3. The number of imidazole rings is 1. The van der Waals surface area contributed by atoms with Crippen molar-refractivity contribution in [1.82, 2.24) is 14.5 Å². The summed E-state index contributed by atoms with van der Waals surface area (Å²) >= 11 is 0. The molecule has 0 unspecified atom stereocenters. The fraction of sp³-hybridized carbons (Fsp3) is 0.400. The average molecular weight is 368 g/mol. The summed E-state index contributed by atoms with van der Waals surface area (Å²) in [6.45, 7) is 8.50. The molecule has 3 aromatic rings. The molecule has 1 aliphatic rings. The number of furan rings is 1. The van der Waals surface area contributed by atoms with Gasteiger partial charge in [-0.25, -0.2) is 4.98 Å². The van der Waals surface area contributed by atoms with E-state index in [1.807, 2.05) is 18.2 Å². The maximum absolute atomic E-state index is 12.2. The Labute approximate surface area is 157 Å². The highest BCUT2D eigenvalue weighted by Gasteiger charge is 2.19. The second-order valence-corrected chi connectivity index (χ2v) is 7.02. The predicted octanol–water partition coefficient (Wildman–Crippen LogP) is 3.29.